The normalized spacial score (nSPS) is 12.1. The average Bonchev–Trinajstić information content (AvgIpc) is 3.18. The van der Waals surface area contributed by atoms with Crippen LogP contribution in [0.3, 0.4) is 0 Å². The summed E-state index contributed by atoms with van der Waals surface area (Å²) in [7, 11) is 0. The zero-order chi connectivity index (χ0) is 40.1. The zero-order valence-electron chi connectivity index (χ0n) is 36.7. The largest absolute Gasteiger partial charge is 0.462 e. The molecule has 322 valence electrons. The fourth-order valence-electron chi connectivity index (χ4n) is 6.89. The molecule has 0 saturated carbocycles. The number of rotatable bonds is 43. The van der Waals surface area contributed by atoms with Gasteiger partial charge in [-0.25, -0.2) is 0 Å². The van der Waals surface area contributed by atoms with E-state index in [9.17, 15) is 14.4 Å². The Morgan fingerprint density at radius 1 is 0.382 bits per heavy atom. The number of hydrogen-bond donors (Lipinski definition) is 0. The van der Waals surface area contributed by atoms with Crippen molar-refractivity contribution in [3.05, 3.63) is 24.3 Å². The maximum Gasteiger partial charge on any atom is 0.306 e. The molecule has 0 aromatic heterocycles. The summed E-state index contributed by atoms with van der Waals surface area (Å²) >= 11 is 0. The summed E-state index contributed by atoms with van der Waals surface area (Å²) in [5.41, 5.74) is 0. The van der Waals surface area contributed by atoms with Gasteiger partial charge < -0.3 is 14.2 Å². The Morgan fingerprint density at radius 3 is 1.09 bits per heavy atom. The van der Waals surface area contributed by atoms with Crippen molar-refractivity contribution in [2.45, 2.75) is 258 Å². The number of esters is 3. The van der Waals surface area contributed by atoms with E-state index in [1.165, 1.54) is 122 Å². The maximum absolute atomic E-state index is 12.7. The number of ether oxygens (including phenoxy) is 3. The Morgan fingerprint density at radius 2 is 0.709 bits per heavy atom. The number of unbranched alkanes of at least 4 members (excludes halogenated alkanes) is 28. The van der Waals surface area contributed by atoms with Crippen LogP contribution in [0.25, 0.3) is 0 Å². The number of carbonyl (C=O) groups is 3. The Bertz CT molecular complexity index is 896. The van der Waals surface area contributed by atoms with Crippen LogP contribution in [0.5, 0.6) is 0 Å². The van der Waals surface area contributed by atoms with E-state index in [0.29, 0.717) is 19.3 Å². The molecule has 0 fully saturated rings. The summed E-state index contributed by atoms with van der Waals surface area (Å²) in [6.07, 6.45) is 48.8. The van der Waals surface area contributed by atoms with Crippen molar-refractivity contribution in [2.24, 2.45) is 0 Å². The SMILES string of the molecule is CC/C=C\C/C=C\CCCCCCCC(=O)OC(COC(=O)CCCCCCCCCCC)COC(=O)CCCCCCCCCCCCCCCCCC. The Hall–Kier alpha value is -2.11. The van der Waals surface area contributed by atoms with E-state index in [2.05, 4.69) is 45.1 Å². The second kappa shape index (κ2) is 44.6. The monoisotopic (exact) mass is 775 g/mol. The summed E-state index contributed by atoms with van der Waals surface area (Å²) in [6, 6.07) is 0. The minimum absolute atomic E-state index is 0.0729. The predicted molar refractivity (Wildman–Crippen MR) is 233 cm³/mol. The third kappa shape index (κ3) is 42.9. The highest BCUT2D eigenvalue weighted by Crippen LogP contribution is 2.15. The molecule has 0 aliphatic heterocycles. The molecule has 0 rings (SSSR count). The van der Waals surface area contributed by atoms with Gasteiger partial charge in [0.2, 0.25) is 0 Å². The minimum Gasteiger partial charge on any atom is -0.462 e. The Kier molecular flexibility index (Phi) is 42.9. The summed E-state index contributed by atoms with van der Waals surface area (Å²) in [4.78, 5) is 37.7. The van der Waals surface area contributed by atoms with Gasteiger partial charge in [-0.15, -0.1) is 0 Å². The van der Waals surface area contributed by atoms with Crippen LogP contribution in [0.15, 0.2) is 24.3 Å². The molecule has 0 radical (unpaired) electrons. The van der Waals surface area contributed by atoms with E-state index in [0.717, 1.165) is 89.9 Å². The third-order valence-electron chi connectivity index (χ3n) is 10.5. The fraction of sp³-hybridized carbons (Fsp3) is 0.857. The Labute approximate surface area is 341 Å². The van der Waals surface area contributed by atoms with Crippen molar-refractivity contribution >= 4 is 17.9 Å². The van der Waals surface area contributed by atoms with Crippen LogP contribution in [0, 0.1) is 0 Å². The second-order valence-corrected chi connectivity index (χ2v) is 16.0. The van der Waals surface area contributed by atoms with E-state index in [1.54, 1.807) is 0 Å². The zero-order valence-corrected chi connectivity index (χ0v) is 36.7. The second-order valence-electron chi connectivity index (χ2n) is 16.0. The van der Waals surface area contributed by atoms with Gasteiger partial charge in [0, 0.05) is 19.3 Å². The van der Waals surface area contributed by atoms with Gasteiger partial charge in [0.05, 0.1) is 0 Å². The number of hydrogen-bond acceptors (Lipinski definition) is 6. The van der Waals surface area contributed by atoms with Crippen molar-refractivity contribution in [3.63, 3.8) is 0 Å². The lowest BCUT2D eigenvalue weighted by atomic mass is 10.0. The first kappa shape index (κ1) is 52.9. The summed E-state index contributed by atoms with van der Waals surface area (Å²) in [6.45, 7) is 6.51. The molecule has 0 bridgehead atoms. The first-order valence-electron chi connectivity index (χ1n) is 23.8. The molecule has 0 aliphatic carbocycles. The number of carbonyl (C=O) groups excluding carboxylic acids is 3. The standard InChI is InChI=1S/C49H90O6/c1-4-7-10-13-16-19-21-23-24-25-26-28-30-33-36-39-42-48(51)54-45-46(44-53-47(50)41-38-35-32-29-18-15-12-9-6-3)55-49(52)43-40-37-34-31-27-22-20-17-14-11-8-5-2/h8,11,17,20,46H,4-7,9-10,12-16,18-19,21-45H2,1-3H3/b11-8-,20-17-. The van der Waals surface area contributed by atoms with Crippen molar-refractivity contribution in [3.8, 4) is 0 Å². The van der Waals surface area contributed by atoms with Crippen LogP contribution >= 0.6 is 0 Å². The highest BCUT2D eigenvalue weighted by molar-refractivity contribution is 5.71. The highest BCUT2D eigenvalue weighted by atomic mass is 16.6. The molecule has 0 N–H and O–H groups in total. The molecule has 0 saturated heterocycles. The van der Waals surface area contributed by atoms with Crippen LogP contribution in [-0.2, 0) is 28.6 Å². The molecule has 0 aliphatic rings. The molecule has 0 aromatic rings. The van der Waals surface area contributed by atoms with Gasteiger partial charge >= 0.3 is 17.9 Å². The van der Waals surface area contributed by atoms with Gasteiger partial charge in [0.15, 0.2) is 6.10 Å². The van der Waals surface area contributed by atoms with E-state index in [4.69, 9.17) is 14.2 Å². The number of allylic oxidation sites excluding steroid dienone is 4. The highest BCUT2D eigenvalue weighted by Gasteiger charge is 2.19. The maximum atomic E-state index is 12.7. The molecule has 6 nitrogen and oxygen atoms in total. The molecular formula is C49H90O6. The lowest BCUT2D eigenvalue weighted by Gasteiger charge is -2.18. The average molecular weight is 775 g/mol. The van der Waals surface area contributed by atoms with Gasteiger partial charge in [-0.3, -0.25) is 14.4 Å². The van der Waals surface area contributed by atoms with Gasteiger partial charge in [0.25, 0.3) is 0 Å². The van der Waals surface area contributed by atoms with Crippen LogP contribution < -0.4 is 0 Å². The summed E-state index contributed by atoms with van der Waals surface area (Å²) < 4.78 is 16.7. The van der Waals surface area contributed by atoms with Crippen molar-refractivity contribution in [2.75, 3.05) is 13.2 Å². The smallest absolute Gasteiger partial charge is 0.306 e. The molecule has 0 heterocycles. The van der Waals surface area contributed by atoms with E-state index < -0.39 is 6.10 Å². The topological polar surface area (TPSA) is 78.9 Å². The molecule has 1 atom stereocenters. The van der Waals surface area contributed by atoms with Gasteiger partial charge in [0.1, 0.15) is 13.2 Å². The molecule has 6 heteroatoms. The first-order valence-corrected chi connectivity index (χ1v) is 23.8. The fourth-order valence-corrected chi connectivity index (χ4v) is 6.89. The van der Waals surface area contributed by atoms with Crippen molar-refractivity contribution < 1.29 is 28.6 Å². The lowest BCUT2D eigenvalue weighted by molar-refractivity contribution is -0.167. The molecular weight excluding hydrogens is 685 g/mol. The van der Waals surface area contributed by atoms with Crippen LogP contribution in [-0.4, -0.2) is 37.2 Å². The van der Waals surface area contributed by atoms with E-state index >= 15 is 0 Å². The van der Waals surface area contributed by atoms with Crippen LogP contribution in [0.2, 0.25) is 0 Å². The molecule has 55 heavy (non-hydrogen) atoms. The summed E-state index contributed by atoms with van der Waals surface area (Å²) in [5.74, 6) is -0.882. The first-order chi connectivity index (χ1) is 27.0. The molecule has 0 amide bonds. The van der Waals surface area contributed by atoms with Gasteiger partial charge in [-0.1, -0.05) is 212 Å². The summed E-state index contributed by atoms with van der Waals surface area (Å²) in [5, 5.41) is 0. The minimum atomic E-state index is -0.770. The third-order valence-corrected chi connectivity index (χ3v) is 10.5. The van der Waals surface area contributed by atoms with Gasteiger partial charge in [-0.2, -0.15) is 0 Å². The van der Waals surface area contributed by atoms with Crippen molar-refractivity contribution in [1.29, 1.82) is 0 Å². The van der Waals surface area contributed by atoms with Crippen molar-refractivity contribution in [1.82, 2.24) is 0 Å². The van der Waals surface area contributed by atoms with Gasteiger partial charge in [-0.05, 0) is 44.9 Å². The Balaban J connectivity index is 4.30. The quantitative estimate of drug-likeness (QED) is 0.0266. The molecule has 1 unspecified atom stereocenters. The molecule has 0 aromatic carbocycles. The van der Waals surface area contributed by atoms with E-state index in [-0.39, 0.29) is 31.1 Å². The molecule has 0 spiro atoms. The predicted octanol–water partition coefficient (Wildman–Crippen LogP) is 15.2. The van der Waals surface area contributed by atoms with Crippen LogP contribution in [0.1, 0.15) is 252 Å². The lowest BCUT2D eigenvalue weighted by Crippen LogP contribution is -2.30. The van der Waals surface area contributed by atoms with Crippen LogP contribution in [0.4, 0.5) is 0 Å². The van der Waals surface area contributed by atoms with E-state index in [1.807, 2.05) is 0 Å².